The predicted octanol–water partition coefficient (Wildman–Crippen LogP) is -0.507. The van der Waals surface area contributed by atoms with Crippen LogP contribution in [0, 0.1) is 11.3 Å². The van der Waals surface area contributed by atoms with Crippen LogP contribution in [0.4, 0.5) is 0 Å². The molecule has 1 atom stereocenters. The van der Waals surface area contributed by atoms with Gasteiger partial charge < -0.3 is 11.5 Å². The van der Waals surface area contributed by atoms with Gasteiger partial charge >= 0.3 is 0 Å². The van der Waals surface area contributed by atoms with E-state index >= 15 is 0 Å². The van der Waals surface area contributed by atoms with Crippen LogP contribution in [0.15, 0.2) is 0 Å². The number of hydrogen-bond donors (Lipinski definition) is 2. The quantitative estimate of drug-likeness (QED) is 0.554. The van der Waals surface area contributed by atoms with Crippen LogP contribution >= 0.6 is 0 Å². The van der Waals surface area contributed by atoms with Crippen LogP contribution in [0.25, 0.3) is 0 Å². The molecule has 1 unspecified atom stereocenters. The number of nitrogens with two attached hydrogens (primary N) is 2. The van der Waals surface area contributed by atoms with Gasteiger partial charge in [0.1, 0.15) is 0 Å². The van der Waals surface area contributed by atoms with E-state index in [1.54, 1.807) is 0 Å². The predicted molar refractivity (Wildman–Crippen MR) is 36.6 cm³/mol. The van der Waals surface area contributed by atoms with Crippen molar-refractivity contribution in [2.75, 3.05) is 0 Å². The van der Waals surface area contributed by atoms with E-state index in [9.17, 15) is 4.79 Å². The first-order valence-electron chi connectivity index (χ1n) is 2.96. The highest BCUT2D eigenvalue weighted by Crippen LogP contribution is 2.06. The molecule has 0 heterocycles. The maximum Gasteiger partial charge on any atom is 0.237 e. The zero-order chi connectivity index (χ0) is 8.20. The van der Waals surface area contributed by atoms with Crippen molar-refractivity contribution in [3.8, 4) is 6.07 Å². The van der Waals surface area contributed by atoms with Crippen molar-refractivity contribution in [2.45, 2.75) is 25.3 Å². The van der Waals surface area contributed by atoms with Gasteiger partial charge in [-0.25, -0.2) is 0 Å². The van der Waals surface area contributed by atoms with Crippen molar-refractivity contribution < 1.29 is 4.79 Å². The molecule has 10 heavy (non-hydrogen) atoms. The average Bonchev–Trinajstić information content (AvgIpc) is 1.84. The number of nitriles is 1. The summed E-state index contributed by atoms with van der Waals surface area (Å²) in [6.07, 6.45) is 0.578. The fourth-order valence-electron chi connectivity index (χ4n) is 0.439. The molecule has 0 bridgehead atoms. The summed E-state index contributed by atoms with van der Waals surface area (Å²) >= 11 is 0. The van der Waals surface area contributed by atoms with E-state index in [1.807, 2.05) is 6.07 Å². The highest BCUT2D eigenvalue weighted by molar-refractivity contribution is 5.83. The van der Waals surface area contributed by atoms with Gasteiger partial charge in [-0.05, 0) is 13.3 Å². The van der Waals surface area contributed by atoms with Crippen LogP contribution in [0.3, 0.4) is 0 Å². The van der Waals surface area contributed by atoms with Gasteiger partial charge in [-0.1, -0.05) is 0 Å². The van der Waals surface area contributed by atoms with Gasteiger partial charge in [0, 0.05) is 6.42 Å². The SMILES string of the molecule is CC(N)(CCC#N)C(N)=O. The van der Waals surface area contributed by atoms with Crippen molar-refractivity contribution in [2.24, 2.45) is 11.5 Å². The lowest BCUT2D eigenvalue weighted by molar-refractivity contribution is -0.122. The van der Waals surface area contributed by atoms with Gasteiger partial charge in [0.25, 0.3) is 0 Å². The number of carbonyl (C=O) groups excluding carboxylic acids is 1. The summed E-state index contributed by atoms with van der Waals surface area (Å²) in [5.74, 6) is -0.567. The molecule has 0 saturated heterocycles. The zero-order valence-corrected chi connectivity index (χ0v) is 5.92. The van der Waals surface area contributed by atoms with Gasteiger partial charge in [0.2, 0.25) is 5.91 Å². The third-order valence-corrected chi connectivity index (χ3v) is 1.32. The summed E-state index contributed by atoms with van der Waals surface area (Å²) in [5, 5.41) is 8.15. The molecule has 0 aromatic heterocycles. The highest BCUT2D eigenvalue weighted by Gasteiger charge is 2.24. The van der Waals surface area contributed by atoms with Crippen LogP contribution in [0.5, 0.6) is 0 Å². The first kappa shape index (κ1) is 8.92. The van der Waals surface area contributed by atoms with E-state index in [-0.39, 0.29) is 6.42 Å². The molecule has 0 fully saturated rings. The van der Waals surface area contributed by atoms with Crippen LogP contribution in [-0.4, -0.2) is 11.4 Å². The number of rotatable bonds is 3. The minimum absolute atomic E-state index is 0.260. The summed E-state index contributed by atoms with van der Waals surface area (Å²) < 4.78 is 0. The summed E-state index contributed by atoms with van der Waals surface area (Å²) in [7, 11) is 0. The Hall–Kier alpha value is -1.08. The second-order valence-electron chi connectivity index (χ2n) is 2.44. The molecule has 0 aliphatic heterocycles. The number of carbonyl (C=O) groups is 1. The minimum atomic E-state index is -1.03. The summed E-state index contributed by atoms with van der Waals surface area (Å²) in [4.78, 5) is 10.5. The Kier molecular flexibility index (Phi) is 2.84. The Morgan fingerprint density at radius 1 is 1.80 bits per heavy atom. The van der Waals surface area contributed by atoms with E-state index in [2.05, 4.69) is 0 Å². The average molecular weight is 141 g/mol. The van der Waals surface area contributed by atoms with E-state index in [0.29, 0.717) is 6.42 Å². The third kappa shape index (κ3) is 2.46. The second-order valence-corrected chi connectivity index (χ2v) is 2.44. The van der Waals surface area contributed by atoms with E-state index in [4.69, 9.17) is 16.7 Å². The molecule has 4 N–H and O–H groups in total. The molecule has 0 aromatic carbocycles. The maximum absolute atomic E-state index is 10.5. The van der Waals surface area contributed by atoms with Crippen molar-refractivity contribution in [1.82, 2.24) is 0 Å². The third-order valence-electron chi connectivity index (χ3n) is 1.32. The van der Waals surface area contributed by atoms with E-state index in [0.717, 1.165) is 0 Å². The van der Waals surface area contributed by atoms with E-state index in [1.165, 1.54) is 6.92 Å². The van der Waals surface area contributed by atoms with E-state index < -0.39 is 11.4 Å². The fourth-order valence-corrected chi connectivity index (χ4v) is 0.439. The lowest BCUT2D eigenvalue weighted by Crippen LogP contribution is -2.49. The van der Waals surface area contributed by atoms with Gasteiger partial charge in [-0.2, -0.15) is 5.26 Å². The molecule has 4 nitrogen and oxygen atoms in total. The number of primary amides is 1. The molecular weight excluding hydrogens is 130 g/mol. The normalized spacial score (nSPS) is 15.3. The number of amides is 1. The minimum Gasteiger partial charge on any atom is -0.368 e. The van der Waals surface area contributed by atoms with Crippen molar-refractivity contribution in [3.05, 3.63) is 0 Å². The Labute approximate surface area is 59.8 Å². The molecule has 0 saturated carbocycles. The molecule has 56 valence electrons. The topological polar surface area (TPSA) is 92.9 Å². The largest absolute Gasteiger partial charge is 0.368 e. The van der Waals surface area contributed by atoms with Crippen LogP contribution in [-0.2, 0) is 4.79 Å². The summed E-state index contributed by atoms with van der Waals surface area (Å²) in [5.41, 5.74) is 9.33. The molecule has 1 amide bonds. The maximum atomic E-state index is 10.5. The van der Waals surface area contributed by atoms with Gasteiger partial charge in [-0.3, -0.25) is 4.79 Å². The van der Waals surface area contributed by atoms with Crippen molar-refractivity contribution in [3.63, 3.8) is 0 Å². The molecule has 0 aliphatic rings. The first-order valence-corrected chi connectivity index (χ1v) is 2.96. The second kappa shape index (κ2) is 3.18. The van der Waals surface area contributed by atoms with Crippen LogP contribution in [0.2, 0.25) is 0 Å². The van der Waals surface area contributed by atoms with Crippen molar-refractivity contribution >= 4 is 5.91 Å². The van der Waals surface area contributed by atoms with Crippen LogP contribution in [0.1, 0.15) is 19.8 Å². The Balaban J connectivity index is 3.90. The Bertz CT molecular complexity index is 168. The Morgan fingerprint density at radius 2 is 2.30 bits per heavy atom. The molecule has 0 aliphatic carbocycles. The molecule has 0 rings (SSSR count). The van der Waals surface area contributed by atoms with Gasteiger partial charge in [-0.15, -0.1) is 0 Å². The van der Waals surface area contributed by atoms with Gasteiger partial charge in [0.05, 0.1) is 11.6 Å². The fraction of sp³-hybridized carbons (Fsp3) is 0.667. The summed E-state index contributed by atoms with van der Waals surface area (Å²) in [6, 6.07) is 1.89. The van der Waals surface area contributed by atoms with Crippen LogP contribution < -0.4 is 11.5 Å². The first-order chi connectivity index (χ1) is 4.50. The number of nitrogens with zero attached hydrogens (tertiary/aromatic N) is 1. The monoisotopic (exact) mass is 141 g/mol. The molecule has 0 radical (unpaired) electrons. The lowest BCUT2D eigenvalue weighted by atomic mass is 9.97. The Morgan fingerprint density at radius 3 is 2.60 bits per heavy atom. The summed E-state index contributed by atoms with van der Waals surface area (Å²) in [6.45, 7) is 1.52. The molecule has 0 spiro atoms. The molecule has 4 heteroatoms. The molecule has 0 aromatic rings. The molecular formula is C6H11N3O. The standard InChI is InChI=1S/C6H11N3O/c1-6(9,5(8)10)3-2-4-7/h2-3,9H2,1H3,(H2,8,10). The smallest absolute Gasteiger partial charge is 0.237 e. The number of hydrogen-bond acceptors (Lipinski definition) is 3. The van der Waals surface area contributed by atoms with Gasteiger partial charge in [0.15, 0.2) is 0 Å². The van der Waals surface area contributed by atoms with Crippen molar-refractivity contribution in [1.29, 1.82) is 5.26 Å². The zero-order valence-electron chi connectivity index (χ0n) is 5.92. The lowest BCUT2D eigenvalue weighted by Gasteiger charge is -2.17. The highest BCUT2D eigenvalue weighted by atomic mass is 16.1.